The van der Waals surface area contributed by atoms with Crippen LogP contribution in [0.5, 0.6) is 0 Å². The van der Waals surface area contributed by atoms with Crippen LogP contribution in [0.15, 0.2) is 91.1 Å². The maximum atomic E-state index is 15.0. The molecule has 1 aliphatic heterocycles. The summed E-state index contributed by atoms with van der Waals surface area (Å²) >= 11 is 0. The lowest BCUT2D eigenvalue weighted by Gasteiger charge is -2.29. The molecule has 10 atom stereocenters. The van der Waals surface area contributed by atoms with E-state index in [1.807, 2.05) is 32.0 Å². The standard InChI is InChI=1S/C58H80N10O14S4/c1-34(70)45(31-69)64-55(79)47-33-85-84-32-46(65-52(76)43(28-37-17-9-6-10-18-37)67-57(81)82-25-26-83-86-58(3,4)23-22-48(72)73)54(78)62-42(27-36-15-7-5-8-16-36)51(75)63-44(29-38-30-60-40-20-12-11-19-39(38)40)53(77)61-41(21-13-14-24-59)50(74)68-49(35(2)71)56(80)66-47/h5-12,15-20,30,34-35,41-47,49,60,69-71H,13-14,21-29,31-33,59H2,1-4H3,(H,61,77)(H,62,78)(H,63,75)(H,64,79)(H,65,76)(H,66,80)(H,67,81)(H,68,74)(H,72,73)/t34-,35-,41+,42+,43-,44-,45-,46+,47+,49?/m1/s1. The minimum absolute atomic E-state index is 0.00397. The number of para-hydroxylation sites is 1. The van der Waals surface area contributed by atoms with Crippen molar-refractivity contribution < 1.29 is 68.3 Å². The summed E-state index contributed by atoms with van der Waals surface area (Å²) in [5.74, 6) is -7.29. The molecule has 24 nitrogen and oxygen atoms in total. The molecule has 5 rings (SSSR count). The summed E-state index contributed by atoms with van der Waals surface area (Å²) in [6, 6.07) is 13.2. The molecule has 86 heavy (non-hydrogen) atoms. The van der Waals surface area contributed by atoms with E-state index >= 15 is 9.59 Å². The first-order valence-electron chi connectivity index (χ1n) is 28.2. The number of carboxylic acid groups (broad SMARTS) is 1. The molecule has 28 heteroatoms. The van der Waals surface area contributed by atoms with E-state index in [9.17, 15) is 48.9 Å². The van der Waals surface area contributed by atoms with Crippen LogP contribution in [-0.4, -0.2) is 181 Å². The minimum Gasteiger partial charge on any atom is -0.481 e. The number of carbonyl (C=O) groups is 9. The first-order valence-corrected chi connectivity index (χ1v) is 33.0. The third-order valence-electron chi connectivity index (χ3n) is 13.7. The number of aliphatic hydroxyl groups is 3. The van der Waals surface area contributed by atoms with Gasteiger partial charge in [0.05, 0.1) is 24.9 Å². The van der Waals surface area contributed by atoms with Crippen molar-refractivity contribution in [2.45, 2.75) is 144 Å². The summed E-state index contributed by atoms with van der Waals surface area (Å²) < 4.78 is 5.10. The molecule has 0 saturated carbocycles. The maximum absolute atomic E-state index is 15.0. The molecule has 1 aliphatic rings. The largest absolute Gasteiger partial charge is 0.481 e. The number of aliphatic hydroxyl groups excluding tert-OH is 3. The van der Waals surface area contributed by atoms with Crippen LogP contribution < -0.4 is 48.3 Å². The molecule has 8 amide bonds. The molecule has 0 spiro atoms. The molecule has 0 aliphatic carbocycles. The van der Waals surface area contributed by atoms with Crippen LogP contribution in [0.1, 0.15) is 76.5 Å². The molecule has 1 saturated heterocycles. The number of hydrogen-bond acceptors (Lipinski definition) is 18. The van der Waals surface area contributed by atoms with Crippen LogP contribution >= 0.6 is 43.2 Å². The summed E-state index contributed by atoms with van der Waals surface area (Å²) in [7, 11) is 4.76. The second-order valence-electron chi connectivity index (χ2n) is 21.3. The molecule has 470 valence electrons. The first-order chi connectivity index (χ1) is 41.1. The number of H-pyrrole nitrogens is 1. The van der Waals surface area contributed by atoms with Crippen LogP contribution in [0.4, 0.5) is 4.79 Å². The molecule has 3 aromatic carbocycles. The van der Waals surface area contributed by atoms with Gasteiger partial charge in [-0.3, -0.25) is 38.4 Å². The van der Waals surface area contributed by atoms with Gasteiger partial charge in [-0.1, -0.05) is 122 Å². The van der Waals surface area contributed by atoms with Crippen molar-refractivity contribution in [2.75, 3.05) is 37.0 Å². The predicted octanol–water partition coefficient (Wildman–Crippen LogP) is 1.99. The number of carboxylic acids is 1. The molecule has 1 fully saturated rings. The van der Waals surface area contributed by atoms with Crippen molar-refractivity contribution in [1.29, 1.82) is 0 Å². The quantitative estimate of drug-likeness (QED) is 0.0316. The van der Waals surface area contributed by atoms with Gasteiger partial charge >= 0.3 is 12.1 Å². The van der Waals surface area contributed by atoms with Crippen molar-refractivity contribution in [3.05, 3.63) is 108 Å². The van der Waals surface area contributed by atoms with Gasteiger partial charge in [0.15, 0.2) is 0 Å². The Morgan fingerprint density at radius 2 is 1.37 bits per heavy atom. The summed E-state index contributed by atoms with van der Waals surface area (Å²) in [6.45, 7) is 5.86. The third kappa shape index (κ3) is 23.6. The Kier molecular flexibility index (Phi) is 29.4. The zero-order valence-electron chi connectivity index (χ0n) is 48.4. The van der Waals surface area contributed by atoms with Gasteiger partial charge in [0.25, 0.3) is 0 Å². The number of aliphatic carboxylic acids is 1. The zero-order valence-corrected chi connectivity index (χ0v) is 51.7. The van der Waals surface area contributed by atoms with Crippen molar-refractivity contribution in [2.24, 2.45) is 5.73 Å². The fraction of sp³-hybridized carbons (Fsp3) is 0.500. The smallest absolute Gasteiger partial charge is 0.407 e. The monoisotopic (exact) mass is 1270 g/mol. The number of ether oxygens (including phenoxy) is 1. The van der Waals surface area contributed by atoms with E-state index in [2.05, 4.69) is 47.5 Å². The van der Waals surface area contributed by atoms with E-state index in [0.29, 0.717) is 41.7 Å². The second-order valence-corrected chi connectivity index (χ2v) is 26.9. The highest BCUT2D eigenvalue weighted by molar-refractivity contribution is 8.77. The van der Waals surface area contributed by atoms with Crippen molar-refractivity contribution >= 4 is 107 Å². The van der Waals surface area contributed by atoms with Gasteiger partial charge in [0, 0.05) is 64.8 Å². The average molecular weight is 1270 g/mol. The highest BCUT2D eigenvalue weighted by atomic mass is 33.1. The van der Waals surface area contributed by atoms with Gasteiger partial charge in [-0.05, 0) is 82.7 Å². The number of amides is 8. The number of carbonyl (C=O) groups excluding carboxylic acids is 8. The molecule has 15 N–H and O–H groups in total. The SMILES string of the molecule is C[C@@H](O)C1NC(=O)[C@H](CCCCN)NC(=O)[C@@H](Cc2c[nH]c3ccccc23)NC(=O)[C@H](Cc2ccccc2)NC(=O)[C@@H](NC(=O)[C@@H](Cc2ccccc2)NC(=O)OCCSSC(C)(C)CCC(=O)O)CSSC[C@@H](C(=O)N[C@H](CO)[C@@H](C)O)NC1=O. The molecule has 1 unspecified atom stereocenters. The molecule has 2 heterocycles. The summed E-state index contributed by atoms with van der Waals surface area (Å²) in [6.07, 6.45) is -1.26. The predicted molar refractivity (Wildman–Crippen MR) is 333 cm³/mol. The Balaban J connectivity index is 1.55. The minimum atomic E-state index is -1.72. The normalized spacial score (nSPS) is 21.0. The number of rotatable bonds is 26. The van der Waals surface area contributed by atoms with E-state index in [0.717, 1.165) is 32.5 Å². The van der Waals surface area contributed by atoms with Crippen LogP contribution in [0, 0.1) is 0 Å². The number of aromatic nitrogens is 1. The van der Waals surface area contributed by atoms with Gasteiger partial charge in [-0.15, -0.1) is 0 Å². The number of hydrogen-bond donors (Lipinski definition) is 14. The highest BCUT2D eigenvalue weighted by Crippen LogP contribution is 2.38. The Hall–Kier alpha value is -6.53. The lowest BCUT2D eigenvalue weighted by Crippen LogP contribution is -2.62. The van der Waals surface area contributed by atoms with Crippen LogP contribution in [0.25, 0.3) is 10.9 Å². The van der Waals surface area contributed by atoms with Gasteiger partial charge in [-0.25, -0.2) is 4.79 Å². The summed E-state index contributed by atoms with van der Waals surface area (Å²) in [4.78, 5) is 130. The van der Waals surface area contributed by atoms with Crippen molar-refractivity contribution in [3.8, 4) is 0 Å². The number of nitrogens with one attached hydrogen (secondary N) is 9. The fourth-order valence-electron chi connectivity index (χ4n) is 8.82. The second kappa shape index (κ2) is 35.9. The summed E-state index contributed by atoms with van der Waals surface area (Å²) in [5, 5.41) is 62.6. The van der Waals surface area contributed by atoms with Crippen molar-refractivity contribution in [3.63, 3.8) is 0 Å². The fourth-order valence-corrected chi connectivity index (χ4v) is 13.6. The lowest BCUT2D eigenvalue weighted by atomic mass is 10.0. The number of nitrogens with two attached hydrogens (primary N) is 1. The van der Waals surface area contributed by atoms with Crippen molar-refractivity contribution in [1.82, 2.24) is 47.5 Å². The van der Waals surface area contributed by atoms with E-state index in [-0.39, 0.29) is 61.5 Å². The molecule has 4 aromatic rings. The Bertz CT molecular complexity index is 2870. The maximum Gasteiger partial charge on any atom is 0.407 e. The molecular weight excluding hydrogens is 1190 g/mol. The Morgan fingerprint density at radius 3 is 2.02 bits per heavy atom. The Labute approximate surface area is 515 Å². The van der Waals surface area contributed by atoms with Gasteiger partial charge in [0.1, 0.15) is 48.9 Å². The van der Waals surface area contributed by atoms with E-state index in [1.54, 1.807) is 72.9 Å². The van der Waals surface area contributed by atoms with Gasteiger partial charge < -0.3 is 78.4 Å². The van der Waals surface area contributed by atoms with Crippen LogP contribution in [0.3, 0.4) is 0 Å². The van der Waals surface area contributed by atoms with Crippen LogP contribution in [0.2, 0.25) is 0 Å². The average Bonchev–Trinajstić information content (AvgIpc) is 3.74. The number of fused-ring (bicyclic) bond motifs is 1. The zero-order chi connectivity index (χ0) is 62.8. The number of aromatic amines is 1. The van der Waals surface area contributed by atoms with E-state index in [1.165, 1.54) is 35.4 Å². The molecular formula is C58H80N10O14S4. The van der Waals surface area contributed by atoms with Crippen LogP contribution in [-0.2, 0) is 62.4 Å². The molecule has 0 radical (unpaired) electrons. The van der Waals surface area contributed by atoms with Gasteiger partial charge in [0.2, 0.25) is 41.4 Å². The topological polar surface area (TPSA) is 382 Å². The van der Waals surface area contributed by atoms with Gasteiger partial charge in [-0.2, -0.15) is 0 Å². The number of alkyl carbamates (subject to hydrolysis) is 1. The lowest BCUT2D eigenvalue weighted by molar-refractivity contribution is -0.137. The van der Waals surface area contributed by atoms with E-state index in [4.69, 9.17) is 15.6 Å². The number of benzene rings is 3. The molecule has 1 aromatic heterocycles. The Morgan fingerprint density at radius 1 is 0.756 bits per heavy atom. The highest BCUT2D eigenvalue weighted by Gasteiger charge is 2.37. The summed E-state index contributed by atoms with van der Waals surface area (Å²) in [5.41, 5.74) is 8.40. The molecule has 0 bridgehead atoms. The van der Waals surface area contributed by atoms with E-state index < -0.39 is 121 Å². The number of unbranched alkanes of at least 4 members (excludes halogenated alkanes) is 1. The third-order valence-corrected chi connectivity index (χ3v) is 19.5. The first kappa shape index (κ1) is 70.2.